The Morgan fingerprint density at radius 3 is 2.40 bits per heavy atom. The minimum absolute atomic E-state index is 0.0717. The molecule has 5 heteroatoms. The van der Waals surface area contributed by atoms with Gasteiger partial charge in [0.1, 0.15) is 0 Å². The molecule has 1 heterocycles. The Labute approximate surface area is 88.1 Å². The van der Waals surface area contributed by atoms with Gasteiger partial charge in [0.15, 0.2) is 0 Å². The fourth-order valence-electron chi connectivity index (χ4n) is 1.76. The monoisotopic (exact) mass is 205 g/mol. The fourth-order valence-corrected chi connectivity index (χ4v) is 1.76. The molecule has 1 aromatic carbocycles. The van der Waals surface area contributed by atoms with Crippen molar-refractivity contribution in [1.29, 1.82) is 0 Å². The van der Waals surface area contributed by atoms with Crippen molar-refractivity contribution in [3.05, 3.63) is 29.8 Å². The number of hydrogen-bond acceptors (Lipinski definition) is 3. The predicted molar refractivity (Wildman–Crippen MR) is 56.4 cm³/mol. The molecule has 1 atom stereocenters. The number of carbonyl (C=O) groups is 1. The first-order valence-corrected chi connectivity index (χ1v) is 4.92. The van der Waals surface area contributed by atoms with Crippen LogP contribution in [0.2, 0.25) is 0 Å². The maximum Gasteiger partial charge on any atom is 0.488 e. The molecular weight excluding hydrogens is 193 g/mol. The molecule has 1 amide bonds. The highest BCUT2D eigenvalue weighted by molar-refractivity contribution is 6.58. The van der Waals surface area contributed by atoms with Crippen molar-refractivity contribution < 1.29 is 14.8 Å². The first-order valence-electron chi connectivity index (χ1n) is 4.92. The molecule has 4 nitrogen and oxygen atoms in total. The van der Waals surface area contributed by atoms with Crippen LogP contribution in [0.3, 0.4) is 0 Å². The lowest BCUT2D eigenvalue weighted by molar-refractivity contribution is -0.119. The van der Waals surface area contributed by atoms with Gasteiger partial charge >= 0.3 is 7.12 Å². The van der Waals surface area contributed by atoms with Gasteiger partial charge in [-0.05, 0) is 17.4 Å². The van der Waals surface area contributed by atoms with E-state index in [4.69, 9.17) is 10.0 Å². The molecule has 1 fully saturated rings. The maximum atomic E-state index is 11.0. The molecule has 0 radical (unpaired) electrons. The molecule has 0 saturated carbocycles. The summed E-state index contributed by atoms with van der Waals surface area (Å²) in [4.78, 5) is 11.0. The molecule has 2 rings (SSSR count). The van der Waals surface area contributed by atoms with E-state index in [-0.39, 0.29) is 11.9 Å². The minimum atomic E-state index is -1.43. The number of rotatable bonds is 2. The highest BCUT2D eigenvalue weighted by Crippen LogP contribution is 2.22. The minimum Gasteiger partial charge on any atom is -0.423 e. The van der Waals surface area contributed by atoms with E-state index in [0.29, 0.717) is 11.9 Å². The van der Waals surface area contributed by atoms with E-state index >= 15 is 0 Å². The van der Waals surface area contributed by atoms with E-state index in [9.17, 15) is 4.79 Å². The number of amides is 1. The van der Waals surface area contributed by atoms with Gasteiger partial charge in [0, 0.05) is 6.42 Å². The second-order valence-electron chi connectivity index (χ2n) is 3.70. The first kappa shape index (κ1) is 10.2. The van der Waals surface area contributed by atoms with E-state index in [1.165, 1.54) is 0 Å². The third kappa shape index (κ3) is 2.19. The second-order valence-corrected chi connectivity index (χ2v) is 3.70. The van der Waals surface area contributed by atoms with E-state index in [0.717, 1.165) is 12.0 Å². The van der Waals surface area contributed by atoms with Crippen molar-refractivity contribution in [2.24, 2.45) is 0 Å². The van der Waals surface area contributed by atoms with Crippen molar-refractivity contribution in [2.45, 2.75) is 18.9 Å². The van der Waals surface area contributed by atoms with Crippen LogP contribution in [0.5, 0.6) is 0 Å². The topological polar surface area (TPSA) is 69.6 Å². The summed E-state index contributed by atoms with van der Waals surface area (Å²) in [6, 6.07) is 7.01. The third-order valence-corrected chi connectivity index (χ3v) is 2.63. The highest BCUT2D eigenvalue weighted by Gasteiger charge is 2.22. The van der Waals surface area contributed by atoms with Crippen molar-refractivity contribution in [2.75, 3.05) is 0 Å². The van der Waals surface area contributed by atoms with Crippen LogP contribution in [-0.2, 0) is 4.79 Å². The summed E-state index contributed by atoms with van der Waals surface area (Å²) in [7, 11) is -1.43. The van der Waals surface area contributed by atoms with Crippen molar-refractivity contribution in [1.82, 2.24) is 5.32 Å². The average molecular weight is 205 g/mol. The van der Waals surface area contributed by atoms with Crippen LogP contribution < -0.4 is 10.8 Å². The van der Waals surface area contributed by atoms with Crippen LogP contribution in [0.25, 0.3) is 0 Å². The molecule has 0 spiro atoms. The summed E-state index contributed by atoms with van der Waals surface area (Å²) in [6.07, 6.45) is 1.37. The Balaban J connectivity index is 2.13. The Kier molecular flexibility index (Phi) is 2.75. The molecule has 1 aliphatic heterocycles. The lowest BCUT2D eigenvalue weighted by Crippen LogP contribution is -2.29. The molecule has 1 aromatic rings. The number of nitrogens with one attached hydrogen (secondary N) is 1. The standard InChI is InChI=1S/C10H12BNO3/c13-10-6-5-9(12-10)7-1-3-8(4-2-7)11(14)15/h1-4,9,14-15H,5-6H2,(H,12,13). The first-order chi connectivity index (χ1) is 7.16. The quantitative estimate of drug-likeness (QED) is 0.560. The predicted octanol–water partition coefficient (Wildman–Crippen LogP) is -0.683. The molecule has 1 aliphatic rings. The van der Waals surface area contributed by atoms with Crippen LogP contribution in [0.15, 0.2) is 24.3 Å². The lowest BCUT2D eigenvalue weighted by Gasteiger charge is -2.10. The summed E-state index contributed by atoms with van der Waals surface area (Å²) < 4.78 is 0. The Morgan fingerprint density at radius 2 is 1.93 bits per heavy atom. The Bertz CT molecular complexity index is 363. The van der Waals surface area contributed by atoms with Gasteiger partial charge in [-0.15, -0.1) is 0 Å². The van der Waals surface area contributed by atoms with Gasteiger partial charge in [0.05, 0.1) is 6.04 Å². The third-order valence-electron chi connectivity index (χ3n) is 2.63. The zero-order valence-electron chi connectivity index (χ0n) is 8.18. The van der Waals surface area contributed by atoms with Crippen LogP contribution in [-0.4, -0.2) is 23.1 Å². The lowest BCUT2D eigenvalue weighted by atomic mass is 9.80. The van der Waals surface area contributed by atoms with Crippen LogP contribution >= 0.6 is 0 Å². The molecule has 0 bridgehead atoms. The largest absolute Gasteiger partial charge is 0.488 e. The fraction of sp³-hybridized carbons (Fsp3) is 0.300. The SMILES string of the molecule is O=C1CCC(c2ccc(B(O)O)cc2)N1. The van der Waals surface area contributed by atoms with E-state index in [1.54, 1.807) is 12.1 Å². The van der Waals surface area contributed by atoms with Gasteiger partial charge < -0.3 is 15.4 Å². The molecule has 0 aliphatic carbocycles. The molecular formula is C10H12BNO3. The van der Waals surface area contributed by atoms with Gasteiger partial charge in [-0.25, -0.2) is 0 Å². The van der Waals surface area contributed by atoms with Crippen molar-refractivity contribution in [3.8, 4) is 0 Å². The van der Waals surface area contributed by atoms with Gasteiger partial charge in [0.25, 0.3) is 0 Å². The summed E-state index contributed by atoms with van der Waals surface area (Å²) in [5.74, 6) is 0.0752. The normalized spacial score (nSPS) is 20.1. The Morgan fingerprint density at radius 1 is 1.27 bits per heavy atom. The van der Waals surface area contributed by atoms with Gasteiger partial charge in [-0.3, -0.25) is 4.79 Å². The summed E-state index contributed by atoms with van der Waals surface area (Å²) in [6.45, 7) is 0. The molecule has 1 unspecified atom stereocenters. The maximum absolute atomic E-state index is 11.0. The number of carbonyl (C=O) groups excluding carboxylic acids is 1. The van der Waals surface area contributed by atoms with E-state index < -0.39 is 7.12 Å². The molecule has 0 aromatic heterocycles. The summed E-state index contributed by atoms with van der Waals surface area (Å²) in [5.41, 5.74) is 1.47. The number of benzene rings is 1. The zero-order chi connectivity index (χ0) is 10.8. The van der Waals surface area contributed by atoms with Crippen LogP contribution in [0.4, 0.5) is 0 Å². The molecule has 3 N–H and O–H groups in total. The van der Waals surface area contributed by atoms with E-state index in [1.807, 2.05) is 12.1 Å². The van der Waals surface area contributed by atoms with Gasteiger partial charge in [-0.1, -0.05) is 24.3 Å². The van der Waals surface area contributed by atoms with Crippen molar-refractivity contribution >= 4 is 18.5 Å². The molecule has 1 saturated heterocycles. The van der Waals surface area contributed by atoms with E-state index in [2.05, 4.69) is 5.32 Å². The molecule has 78 valence electrons. The smallest absolute Gasteiger partial charge is 0.423 e. The molecule has 15 heavy (non-hydrogen) atoms. The Hall–Kier alpha value is -1.33. The zero-order valence-corrected chi connectivity index (χ0v) is 8.18. The number of hydrogen-bond donors (Lipinski definition) is 3. The van der Waals surface area contributed by atoms with Gasteiger partial charge in [0.2, 0.25) is 5.91 Å². The summed E-state index contributed by atoms with van der Waals surface area (Å²) >= 11 is 0. The average Bonchev–Trinajstić information content (AvgIpc) is 2.65. The van der Waals surface area contributed by atoms with Crippen LogP contribution in [0.1, 0.15) is 24.4 Å². The van der Waals surface area contributed by atoms with Crippen molar-refractivity contribution in [3.63, 3.8) is 0 Å². The van der Waals surface area contributed by atoms with Crippen LogP contribution in [0, 0.1) is 0 Å². The summed E-state index contributed by atoms with van der Waals surface area (Å²) in [5, 5.41) is 20.7. The highest BCUT2D eigenvalue weighted by atomic mass is 16.4. The second kappa shape index (κ2) is 4.04. The van der Waals surface area contributed by atoms with Gasteiger partial charge in [-0.2, -0.15) is 0 Å².